The van der Waals surface area contributed by atoms with Gasteiger partial charge in [0.25, 0.3) is 5.91 Å². The summed E-state index contributed by atoms with van der Waals surface area (Å²) in [6.45, 7) is 6.47. The molecular weight excluding hydrogens is 378 g/mol. The normalized spacial score (nSPS) is 18.4. The number of nitrogens with zero attached hydrogens (tertiary/aromatic N) is 2. The molecule has 2 aromatic rings. The van der Waals surface area contributed by atoms with Crippen molar-refractivity contribution >= 4 is 11.7 Å². The number of piperidine rings is 1. The number of methoxy groups -OCH3 is 1. The lowest BCUT2D eigenvalue weighted by atomic mass is 9.88. The zero-order valence-electron chi connectivity index (χ0n) is 17.9. The lowest BCUT2D eigenvalue weighted by Crippen LogP contribution is -2.48. The van der Waals surface area contributed by atoms with Crippen LogP contribution >= 0.6 is 0 Å². The van der Waals surface area contributed by atoms with E-state index in [0.717, 1.165) is 49.5 Å². The summed E-state index contributed by atoms with van der Waals surface area (Å²) in [6, 6.07) is 15.9. The molecule has 0 bridgehead atoms. The molecule has 0 atom stereocenters. The zero-order valence-corrected chi connectivity index (χ0v) is 17.9. The highest BCUT2D eigenvalue weighted by Crippen LogP contribution is 2.33. The highest BCUT2D eigenvalue weighted by Gasteiger charge is 2.45. The van der Waals surface area contributed by atoms with Crippen molar-refractivity contribution in [2.45, 2.75) is 44.9 Å². The first kappa shape index (κ1) is 20.4. The van der Waals surface area contributed by atoms with Crippen LogP contribution in [0.1, 0.15) is 37.8 Å². The van der Waals surface area contributed by atoms with E-state index in [4.69, 9.17) is 14.5 Å². The summed E-state index contributed by atoms with van der Waals surface area (Å²) < 4.78 is 11.3. The van der Waals surface area contributed by atoms with E-state index in [-0.39, 0.29) is 12.0 Å². The molecule has 2 aromatic carbocycles. The van der Waals surface area contributed by atoms with Gasteiger partial charge in [-0.3, -0.25) is 14.7 Å². The van der Waals surface area contributed by atoms with Crippen LogP contribution < -0.4 is 14.8 Å². The van der Waals surface area contributed by atoms with E-state index in [1.165, 1.54) is 5.56 Å². The minimum absolute atomic E-state index is 0.0260. The lowest BCUT2D eigenvalue weighted by Gasteiger charge is -2.35. The zero-order chi connectivity index (χ0) is 21.1. The largest absolute Gasteiger partial charge is 0.493 e. The van der Waals surface area contributed by atoms with Crippen LogP contribution in [0, 0.1) is 0 Å². The molecule has 0 radical (unpaired) electrons. The van der Waals surface area contributed by atoms with E-state index in [0.29, 0.717) is 5.84 Å². The number of hydrogen-bond donors (Lipinski definition) is 1. The number of ether oxygens (including phenoxy) is 2. The number of carbonyl (C=O) groups is 1. The number of aliphatic imine (C=N–C) groups is 1. The lowest BCUT2D eigenvalue weighted by molar-refractivity contribution is -0.125. The minimum atomic E-state index is -0.631. The van der Waals surface area contributed by atoms with Gasteiger partial charge in [-0.2, -0.15) is 0 Å². The number of nitrogens with one attached hydrogen (secondary N) is 1. The Hall–Kier alpha value is -2.86. The highest BCUT2D eigenvalue weighted by atomic mass is 16.5. The molecule has 1 spiro atoms. The fraction of sp³-hybridized carbons (Fsp3) is 0.417. The summed E-state index contributed by atoms with van der Waals surface area (Å²) in [4.78, 5) is 19.9. The van der Waals surface area contributed by atoms with Crippen molar-refractivity contribution < 1.29 is 14.3 Å². The molecule has 0 aliphatic carbocycles. The first-order valence-corrected chi connectivity index (χ1v) is 10.5. The van der Waals surface area contributed by atoms with Crippen molar-refractivity contribution in [1.82, 2.24) is 10.2 Å². The topological polar surface area (TPSA) is 63.2 Å². The van der Waals surface area contributed by atoms with E-state index in [1.807, 2.05) is 50.2 Å². The monoisotopic (exact) mass is 407 g/mol. The van der Waals surface area contributed by atoms with Gasteiger partial charge < -0.3 is 14.8 Å². The molecule has 1 N–H and O–H groups in total. The van der Waals surface area contributed by atoms with Crippen molar-refractivity contribution in [3.8, 4) is 11.5 Å². The maximum Gasteiger partial charge on any atom is 0.253 e. The molecule has 0 saturated carbocycles. The summed E-state index contributed by atoms with van der Waals surface area (Å²) in [5, 5.41) is 3.00. The number of likely N-dealkylation sites (tertiary alicyclic amines) is 1. The minimum Gasteiger partial charge on any atom is -0.493 e. The smallest absolute Gasteiger partial charge is 0.253 e. The van der Waals surface area contributed by atoms with Gasteiger partial charge >= 0.3 is 0 Å². The van der Waals surface area contributed by atoms with Crippen LogP contribution in [0.2, 0.25) is 0 Å². The average Bonchev–Trinajstić information content (AvgIpc) is 3.06. The number of amides is 1. The molecule has 2 aliphatic heterocycles. The summed E-state index contributed by atoms with van der Waals surface area (Å²) in [7, 11) is 1.66. The standard InChI is InChI=1S/C24H29N3O3/c1-17(2)30-21-15-18(9-10-20(21)29-3)16-27-13-11-24(12-14-27)23(28)25-22(26-24)19-7-5-4-6-8-19/h4-10,15,17H,11-14,16H2,1-3H3,(H,25,26,28). The average molecular weight is 408 g/mol. The summed E-state index contributed by atoms with van der Waals surface area (Å²) in [5.41, 5.74) is 1.50. The highest BCUT2D eigenvalue weighted by molar-refractivity contribution is 6.15. The van der Waals surface area contributed by atoms with Crippen LogP contribution in [0.3, 0.4) is 0 Å². The van der Waals surface area contributed by atoms with Crippen molar-refractivity contribution in [2.75, 3.05) is 20.2 Å². The molecule has 2 heterocycles. The molecule has 0 unspecified atom stereocenters. The Morgan fingerprint density at radius 1 is 1.10 bits per heavy atom. The predicted octanol–water partition coefficient (Wildman–Crippen LogP) is 3.39. The van der Waals surface area contributed by atoms with Gasteiger partial charge in [-0.1, -0.05) is 36.4 Å². The molecule has 4 rings (SSSR count). The molecule has 2 aliphatic rings. The van der Waals surface area contributed by atoms with Gasteiger partial charge in [0.05, 0.1) is 13.2 Å². The second kappa shape index (κ2) is 8.48. The number of hydrogen-bond acceptors (Lipinski definition) is 5. The summed E-state index contributed by atoms with van der Waals surface area (Å²) in [5.74, 6) is 2.24. The van der Waals surface area contributed by atoms with Crippen molar-refractivity contribution in [1.29, 1.82) is 0 Å². The fourth-order valence-electron chi connectivity index (χ4n) is 4.09. The Morgan fingerprint density at radius 3 is 2.50 bits per heavy atom. The van der Waals surface area contributed by atoms with Gasteiger partial charge in [0.15, 0.2) is 11.5 Å². The fourth-order valence-corrected chi connectivity index (χ4v) is 4.09. The maximum absolute atomic E-state index is 12.7. The second-order valence-corrected chi connectivity index (χ2v) is 8.24. The Bertz CT molecular complexity index is 932. The van der Waals surface area contributed by atoms with Crippen molar-refractivity contribution in [2.24, 2.45) is 4.99 Å². The van der Waals surface area contributed by atoms with Gasteiger partial charge in [0.1, 0.15) is 11.4 Å². The quantitative estimate of drug-likeness (QED) is 0.797. The van der Waals surface area contributed by atoms with Gasteiger partial charge in [-0.25, -0.2) is 0 Å². The Balaban J connectivity index is 1.43. The third-order valence-corrected chi connectivity index (χ3v) is 5.71. The molecular formula is C24H29N3O3. The van der Waals surface area contributed by atoms with Gasteiger partial charge in [0, 0.05) is 25.2 Å². The van der Waals surface area contributed by atoms with Gasteiger partial charge in [0.2, 0.25) is 0 Å². The van der Waals surface area contributed by atoms with E-state index >= 15 is 0 Å². The number of rotatable bonds is 6. The Kier molecular flexibility index (Phi) is 5.77. The number of amidine groups is 1. The SMILES string of the molecule is COc1ccc(CN2CCC3(CC2)N=C(c2ccccc2)NC3=O)cc1OC(C)C. The molecule has 1 fully saturated rings. The molecule has 30 heavy (non-hydrogen) atoms. The first-order valence-electron chi connectivity index (χ1n) is 10.5. The molecule has 1 amide bonds. The number of carbonyl (C=O) groups excluding carboxylic acids is 1. The van der Waals surface area contributed by atoms with Crippen LogP contribution in [0.15, 0.2) is 53.5 Å². The molecule has 0 aromatic heterocycles. The molecule has 6 heteroatoms. The van der Waals surface area contributed by atoms with Crippen LogP contribution in [0.4, 0.5) is 0 Å². The van der Waals surface area contributed by atoms with E-state index in [1.54, 1.807) is 7.11 Å². The van der Waals surface area contributed by atoms with Gasteiger partial charge in [-0.05, 0) is 44.4 Å². The van der Waals surface area contributed by atoms with E-state index in [2.05, 4.69) is 22.3 Å². The van der Waals surface area contributed by atoms with E-state index < -0.39 is 5.54 Å². The third-order valence-electron chi connectivity index (χ3n) is 5.71. The summed E-state index contributed by atoms with van der Waals surface area (Å²) in [6.07, 6.45) is 1.53. The first-order chi connectivity index (χ1) is 14.5. The van der Waals surface area contributed by atoms with Crippen LogP contribution in [-0.4, -0.2) is 48.5 Å². The summed E-state index contributed by atoms with van der Waals surface area (Å²) >= 11 is 0. The molecule has 6 nitrogen and oxygen atoms in total. The van der Waals surface area contributed by atoms with Gasteiger partial charge in [-0.15, -0.1) is 0 Å². The van der Waals surface area contributed by atoms with Crippen molar-refractivity contribution in [3.05, 3.63) is 59.7 Å². The second-order valence-electron chi connectivity index (χ2n) is 8.24. The van der Waals surface area contributed by atoms with Crippen LogP contribution in [-0.2, 0) is 11.3 Å². The van der Waals surface area contributed by atoms with Crippen LogP contribution in [0.5, 0.6) is 11.5 Å². The predicted molar refractivity (Wildman–Crippen MR) is 117 cm³/mol. The molecule has 158 valence electrons. The maximum atomic E-state index is 12.7. The Morgan fingerprint density at radius 2 is 1.83 bits per heavy atom. The Labute approximate surface area is 177 Å². The van der Waals surface area contributed by atoms with E-state index in [9.17, 15) is 4.79 Å². The number of benzene rings is 2. The molecule has 1 saturated heterocycles. The third kappa shape index (κ3) is 4.19. The van der Waals surface area contributed by atoms with Crippen molar-refractivity contribution in [3.63, 3.8) is 0 Å². The van der Waals surface area contributed by atoms with Crippen LogP contribution in [0.25, 0.3) is 0 Å².